The maximum atomic E-state index is 12.0. The van der Waals surface area contributed by atoms with E-state index < -0.39 is 5.97 Å². The molecule has 0 N–H and O–H groups in total. The van der Waals surface area contributed by atoms with Gasteiger partial charge in [-0.1, -0.05) is 6.08 Å². The third-order valence-electron chi connectivity index (χ3n) is 3.35. The summed E-state index contributed by atoms with van der Waals surface area (Å²) in [7, 11) is 2.73. The average Bonchev–Trinajstić information content (AvgIpc) is 2.81. The molecule has 0 atom stereocenters. The number of ether oxygens (including phenoxy) is 2. The highest BCUT2D eigenvalue weighted by molar-refractivity contribution is 9.10. The fourth-order valence-electron chi connectivity index (χ4n) is 2.11. The smallest absolute Gasteiger partial charge is 0.343 e. The lowest BCUT2D eigenvalue weighted by Crippen LogP contribution is -2.22. The van der Waals surface area contributed by atoms with Crippen LogP contribution in [-0.4, -0.2) is 42.8 Å². The highest BCUT2D eigenvalue weighted by atomic mass is 79.9. The van der Waals surface area contributed by atoms with Gasteiger partial charge in [-0.2, -0.15) is 0 Å². The average molecular weight is 426 g/mol. The van der Waals surface area contributed by atoms with Crippen LogP contribution in [-0.2, 0) is 20.7 Å². The molecule has 0 radical (unpaired) electrons. The van der Waals surface area contributed by atoms with Crippen molar-refractivity contribution >= 4 is 50.9 Å². The normalized spacial score (nSPS) is 15.6. The second-order valence-electron chi connectivity index (χ2n) is 5.09. The molecule has 132 valence electrons. The summed E-state index contributed by atoms with van der Waals surface area (Å²) >= 11 is 4.31. The predicted molar refractivity (Wildman–Crippen MR) is 99.3 cm³/mol. The van der Waals surface area contributed by atoms with Crippen LogP contribution in [0.15, 0.2) is 34.2 Å². The Bertz CT molecular complexity index is 775. The first-order chi connectivity index (χ1) is 11.9. The van der Waals surface area contributed by atoms with Crippen LogP contribution in [0.2, 0.25) is 0 Å². The first kappa shape index (κ1) is 19.3. The van der Waals surface area contributed by atoms with Crippen LogP contribution in [0.3, 0.4) is 0 Å². The Kier molecular flexibility index (Phi) is 6.44. The largest absolute Gasteiger partial charge is 0.480 e. The number of allylic oxidation sites excluding steroid dienone is 1. The van der Waals surface area contributed by atoms with Crippen LogP contribution in [0.5, 0.6) is 5.75 Å². The van der Waals surface area contributed by atoms with Crippen LogP contribution in [0.1, 0.15) is 11.1 Å². The molecule has 2 amide bonds. The number of imide groups is 1. The van der Waals surface area contributed by atoms with E-state index in [1.165, 1.54) is 14.2 Å². The molecule has 1 aliphatic rings. The number of amides is 2. The molecule has 1 aromatic rings. The number of hydrogen-bond acceptors (Lipinski definition) is 6. The highest BCUT2D eigenvalue weighted by Gasteiger charge is 2.31. The summed E-state index contributed by atoms with van der Waals surface area (Å²) in [5, 5.41) is -0.306. The molecule has 25 heavy (non-hydrogen) atoms. The van der Waals surface area contributed by atoms with Crippen molar-refractivity contribution in [2.24, 2.45) is 0 Å². The molecule has 0 unspecified atom stereocenters. The van der Waals surface area contributed by atoms with Crippen molar-refractivity contribution in [2.45, 2.75) is 6.42 Å². The van der Waals surface area contributed by atoms with Crippen LogP contribution >= 0.6 is 27.7 Å². The van der Waals surface area contributed by atoms with Gasteiger partial charge in [0, 0.05) is 7.05 Å². The van der Waals surface area contributed by atoms with Crippen LogP contribution < -0.4 is 4.74 Å². The van der Waals surface area contributed by atoms with Crippen LogP contribution in [0.25, 0.3) is 6.08 Å². The minimum absolute atomic E-state index is 0.215. The van der Waals surface area contributed by atoms with Crippen LogP contribution in [0, 0.1) is 0 Å². The second kappa shape index (κ2) is 8.35. The van der Waals surface area contributed by atoms with Gasteiger partial charge in [0.15, 0.2) is 6.61 Å². The van der Waals surface area contributed by atoms with Gasteiger partial charge in [0.1, 0.15) is 5.75 Å². The van der Waals surface area contributed by atoms with E-state index >= 15 is 0 Å². The molecule has 0 aromatic heterocycles. The fraction of sp³-hybridized carbons (Fsp3) is 0.235. The van der Waals surface area contributed by atoms with E-state index in [-0.39, 0.29) is 17.8 Å². The van der Waals surface area contributed by atoms with E-state index in [1.807, 2.05) is 6.07 Å². The van der Waals surface area contributed by atoms with Gasteiger partial charge in [-0.05, 0) is 63.4 Å². The summed E-state index contributed by atoms with van der Waals surface area (Å²) in [4.78, 5) is 36.3. The molecule has 0 bridgehead atoms. The summed E-state index contributed by atoms with van der Waals surface area (Å²) in [5.41, 5.74) is 1.52. The Labute approximate surface area is 158 Å². The number of carbonyl (C=O) groups is 3. The second-order valence-corrected chi connectivity index (χ2v) is 6.94. The summed E-state index contributed by atoms with van der Waals surface area (Å²) in [5.74, 6) is -0.314. The number of halogens is 1. The van der Waals surface area contributed by atoms with Gasteiger partial charge in [0.05, 0.1) is 16.5 Å². The molecule has 2 rings (SSSR count). The zero-order valence-corrected chi connectivity index (χ0v) is 16.1. The Morgan fingerprint density at radius 3 is 2.68 bits per heavy atom. The zero-order valence-electron chi connectivity index (χ0n) is 13.7. The molecule has 1 saturated heterocycles. The molecule has 1 fully saturated rings. The number of methoxy groups -OCH3 is 1. The molecule has 1 aromatic carbocycles. The van der Waals surface area contributed by atoms with Crippen molar-refractivity contribution in [3.05, 3.63) is 45.3 Å². The first-order valence-corrected chi connectivity index (χ1v) is 8.82. The molecular weight excluding hydrogens is 410 g/mol. The van der Waals surface area contributed by atoms with E-state index in [1.54, 1.807) is 18.2 Å². The number of thioether (sulfide) groups is 1. The standard InChI is InChI=1S/C17H16BrNO5S/c1-4-5-11-6-10(8-13-16(21)19(2)17(22)25-13)7-12(18)15(11)24-9-14(20)23-3/h4,6-8H,1,5,9H2,2-3H3/b13-8-. The quantitative estimate of drug-likeness (QED) is 0.395. The number of nitrogens with zero attached hydrogens (tertiary/aromatic N) is 1. The van der Waals surface area contributed by atoms with Crippen molar-refractivity contribution in [3.8, 4) is 5.75 Å². The third-order valence-corrected chi connectivity index (χ3v) is 4.90. The van der Waals surface area contributed by atoms with E-state index in [4.69, 9.17) is 4.74 Å². The van der Waals surface area contributed by atoms with E-state index in [9.17, 15) is 14.4 Å². The Hall–Kier alpha value is -2.06. The monoisotopic (exact) mass is 425 g/mol. The van der Waals surface area contributed by atoms with Gasteiger partial charge in [-0.15, -0.1) is 6.58 Å². The first-order valence-electron chi connectivity index (χ1n) is 7.21. The zero-order chi connectivity index (χ0) is 18.6. The lowest BCUT2D eigenvalue weighted by Gasteiger charge is -2.13. The van der Waals surface area contributed by atoms with Gasteiger partial charge in [-0.25, -0.2) is 4.79 Å². The number of rotatable bonds is 6. The molecule has 0 aliphatic carbocycles. The molecule has 0 saturated carbocycles. The third kappa shape index (κ3) is 4.52. The molecule has 8 heteroatoms. The number of likely N-dealkylation sites (N-methyl/N-ethyl adjacent to an activating group) is 1. The SMILES string of the molecule is C=CCc1cc(/C=C2\SC(=O)N(C)C2=O)cc(Br)c1OCC(=O)OC. The summed E-state index contributed by atoms with van der Waals surface area (Å²) < 4.78 is 10.7. The van der Waals surface area contributed by atoms with Gasteiger partial charge < -0.3 is 9.47 Å². The topological polar surface area (TPSA) is 72.9 Å². The molecule has 1 aliphatic heterocycles. The van der Waals surface area contributed by atoms with Crippen molar-refractivity contribution < 1.29 is 23.9 Å². The fourth-order valence-corrected chi connectivity index (χ4v) is 3.57. The van der Waals surface area contributed by atoms with Crippen molar-refractivity contribution in [3.63, 3.8) is 0 Å². The number of carbonyl (C=O) groups excluding carboxylic acids is 3. The van der Waals surface area contributed by atoms with Gasteiger partial charge >= 0.3 is 5.97 Å². The maximum Gasteiger partial charge on any atom is 0.343 e. The highest BCUT2D eigenvalue weighted by Crippen LogP contribution is 2.35. The predicted octanol–water partition coefficient (Wildman–Crippen LogP) is 3.40. The van der Waals surface area contributed by atoms with Crippen molar-refractivity contribution in [1.29, 1.82) is 0 Å². The minimum Gasteiger partial charge on any atom is -0.480 e. The lowest BCUT2D eigenvalue weighted by atomic mass is 10.1. The summed E-state index contributed by atoms with van der Waals surface area (Å²) in [6.45, 7) is 3.50. The molecular formula is C17H16BrNO5S. The number of hydrogen-bond donors (Lipinski definition) is 0. The molecule has 1 heterocycles. The van der Waals surface area contributed by atoms with Gasteiger partial charge in [0.25, 0.3) is 11.1 Å². The number of benzene rings is 1. The van der Waals surface area contributed by atoms with E-state index in [0.29, 0.717) is 21.5 Å². The Balaban J connectivity index is 2.35. The minimum atomic E-state index is -0.489. The summed E-state index contributed by atoms with van der Waals surface area (Å²) in [6.07, 6.45) is 3.86. The number of esters is 1. The Morgan fingerprint density at radius 1 is 1.40 bits per heavy atom. The van der Waals surface area contributed by atoms with Gasteiger partial charge in [-0.3, -0.25) is 14.5 Å². The van der Waals surface area contributed by atoms with E-state index in [2.05, 4.69) is 27.2 Å². The lowest BCUT2D eigenvalue weighted by molar-refractivity contribution is -0.142. The molecule has 6 nitrogen and oxygen atoms in total. The summed E-state index contributed by atoms with van der Waals surface area (Å²) in [6, 6.07) is 3.57. The van der Waals surface area contributed by atoms with E-state index in [0.717, 1.165) is 27.8 Å². The van der Waals surface area contributed by atoms with Gasteiger partial charge in [0.2, 0.25) is 0 Å². The van der Waals surface area contributed by atoms with Crippen molar-refractivity contribution in [2.75, 3.05) is 20.8 Å². The maximum absolute atomic E-state index is 12.0. The van der Waals surface area contributed by atoms with Crippen LogP contribution in [0.4, 0.5) is 4.79 Å². The van der Waals surface area contributed by atoms with Crippen molar-refractivity contribution in [1.82, 2.24) is 4.90 Å². The molecule has 0 spiro atoms. The Morgan fingerprint density at radius 2 is 2.12 bits per heavy atom.